The molecule has 1 aliphatic carbocycles. The fraction of sp³-hybridized carbons (Fsp3) is 0.462. The number of nitrogens with two attached hydrogens (primary N) is 2. The zero-order chi connectivity index (χ0) is 24.7. The van der Waals surface area contributed by atoms with Crippen molar-refractivity contribution in [3.8, 4) is 5.75 Å². The van der Waals surface area contributed by atoms with Crippen LogP contribution in [0.1, 0.15) is 62.0 Å². The first-order valence-electron chi connectivity index (χ1n) is 11.9. The van der Waals surface area contributed by atoms with Crippen LogP contribution in [0, 0.1) is 6.92 Å². The summed E-state index contributed by atoms with van der Waals surface area (Å²) in [5, 5.41) is 4.34. The van der Waals surface area contributed by atoms with Crippen LogP contribution in [0.15, 0.2) is 48.2 Å². The highest BCUT2D eigenvalue weighted by atomic mass is 16.5. The molecule has 0 saturated heterocycles. The fourth-order valence-electron chi connectivity index (χ4n) is 4.16. The smallest absolute Gasteiger partial charge is 0.317 e. The lowest BCUT2D eigenvalue weighted by molar-refractivity contribution is 0.153. The molecule has 1 heterocycles. The van der Waals surface area contributed by atoms with Gasteiger partial charge in [0, 0.05) is 14.1 Å². The molecule has 8 heteroatoms. The summed E-state index contributed by atoms with van der Waals surface area (Å²) in [7, 11) is 3.46. The van der Waals surface area contributed by atoms with Crippen molar-refractivity contribution in [3.05, 3.63) is 65.1 Å². The molecule has 1 aromatic carbocycles. The SMILES string of the molecule is Cc1nc(/C(N)=C(\CNC(=O)N(C)C(C)c2ccccc2)N(C)N)ccc1OC1CCCCC1. The van der Waals surface area contributed by atoms with Gasteiger partial charge >= 0.3 is 6.03 Å². The molecule has 1 saturated carbocycles. The molecule has 184 valence electrons. The Morgan fingerprint density at radius 2 is 1.82 bits per heavy atom. The van der Waals surface area contributed by atoms with Crippen molar-refractivity contribution in [2.45, 2.75) is 58.1 Å². The maximum Gasteiger partial charge on any atom is 0.317 e. The number of aryl methyl sites for hydroxylation is 1. The maximum atomic E-state index is 12.8. The van der Waals surface area contributed by atoms with Gasteiger partial charge in [-0.15, -0.1) is 0 Å². The van der Waals surface area contributed by atoms with Crippen LogP contribution in [0.3, 0.4) is 0 Å². The quantitative estimate of drug-likeness (QED) is 0.402. The van der Waals surface area contributed by atoms with Gasteiger partial charge in [-0.1, -0.05) is 36.8 Å². The van der Waals surface area contributed by atoms with Gasteiger partial charge < -0.3 is 25.7 Å². The molecule has 1 unspecified atom stereocenters. The second-order valence-corrected chi connectivity index (χ2v) is 8.99. The topological polar surface area (TPSA) is 110 Å². The molecule has 0 spiro atoms. The molecule has 1 aliphatic rings. The summed E-state index contributed by atoms with van der Waals surface area (Å²) < 4.78 is 6.18. The number of carbonyl (C=O) groups is 1. The van der Waals surface area contributed by atoms with Crippen LogP contribution < -0.4 is 21.6 Å². The van der Waals surface area contributed by atoms with Gasteiger partial charge in [-0.2, -0.15) is 0 Å². The van der Waals surface area contributed by atoms with E-state index in [1.165, 1.54) is 24.3 Å². The van der Waals surface area contributed by atoms with Crippen LogP contribution in [-0.4, -0.2) is 47.7 Å². The van der Waals surface area contributed by atoms with Gasteiger partial charge in [0.05, 0.1) is 41.5 Å². The van der Waals surface area contributed by atoms with E-state index in [1.54, 1.807) is 19.0 Å². The van der Waals surface area contributed by atoms with E-state index in [1.807, 2.05) is 56.3 Å². The lowest BCUT2D eigenvalue weighted by Crippen LogP contribution is -2.42. The molecule has 0 radical (unpaired) electrons. The van der Waals surface area contributed by atoms with E-state index in [9.17, 15) is 4.79 Å². The summed E-state index contributed by atoms with van der Waals surface area (Å²) in [6.45, 7) is 4.08. The first-order valence-corrected chi connectivity index (χ1v) is 11.9. The number of nitrogens with one attached hydrogen (secondary N) is 1. The zero-order valence-electron chi connectivity index (χ0n) is 20.8. The lowest BCUT2D eigenvalue weighted by atomic mass is 9.98. The number of carbonyl (C=O) groups excluding carboxylic acids is 1. The van der Waals surface area contributed by atoms with Gasteiger partial charge in [-0.05, 0) is 57.2 Å². The van der Waals surface area contributed by atoms with Crippen LogP contribution in [-0.2, 0) is 0 Å². The number of hydrogen-bond acceptors (Lipinski definition) is 6. The normalized spacial score (nSPS) is 15.8. The van der Waals surface area contributed by atoms with E-state index in [0.29, 0.717) is 17.1 Å². The third-order valence-electron chi connectivity index (χ3n) is 6.49. The zero-order valence-corrected chi connectivity index (χ0v) is 20.8. The van der Waals surface area contributed by atoms with Crippen molar-refractivity contribution in [1.29, 1.82) is 0 Å². The molecular weight excluding hydrogens is 428 g/mol. The summed E-state index contributed by atoms with van der Waals surface area (Å²) in [5.41, 5.74) is 9.87. The summed E-state index contributed by atoms with van der Waals surface area (Å²) in [6.07, 6.45) is 6.13. The average Bonchev–Trinajstić information content (AvgIpc) is 2.85. The Kier molecular flexibility index (Phi) is 8.76. The number of hydrogen-bond donors (Lipinski definition) is 3. The molecule has 3 rings (SSSR count). The number of nitrogens with zero attached hydrogens (tertiary/aromatic N) is 3. The van der Waals surface area contributed by atoms with Crippen molar-refractivity contribution >= 4 is 11.7 Å². The average molecular weight is 467 g/mol. The highest BCUT2D eigenvalue weighted by molar-refractivity contribution is 5.75. The molecule has 8 nitrogen and oxygen atoms in total. The molecule has 1 aromatic heterocycles. The molecule has 2 amide bonds. The largest absolute Gasteiger partial charge is 0.489 e. The van der Waals surface area contributed by atoms with E-state index in [0.717, 1.165) is 29.8 Å². The van der Waals surface area contributed by atoms with E-state index in [4.69, 9.17) is 16.3 Å². The molecule has 1 atom stereocenters. The van der Waals surface area contributed by atoms with Crippen LogP contribution in [0.2, 0.25) is 0 Å². The maximum absolute atomic E-state index is 12.8. The Hall–Kier alpha value is -3.26. The number of benzene rings is 1. The van der Waals surface area contributed by atoms with Gasteiger partial charge in [0.25, 0.3) is 0 Å². The molecule has 0 bridgehead atoms. The van der Waals surface area contributed by atoms with Crippen LogP contribution in [0.25, 0.3) is 5.70 Å². The van der Waals surface area contributed by atoms with Crippen LogP contribution in [0.5, 0.6) is 5.75 Å². The van der Waals surface area contributed by atoms with Crippen LogP contribution >= 0.6 is 0 Å². The van der Waals surface area contributed by atoms with Crippen molar-refractivity contribution in [3.63, 3.8) is 0 Å². The minimum atomic E-state index is -0.219. The highest BCUT2D eigenvalue weighted by Gasteiger charge is 2.20. The van der Waals surface area contributed by atoms with Crippen molar-refractivity contribution in [2.75, 3.05) is 20.6 Å². The van der Waals surface area contributed by atoms with Crippen molar-refractivity contribution in [1.82, 2.24) is 20.2 Å². The third kappa shape index (κ3) is 6.41. The summed E-state index contributed by atoms with van der Waals surface area (Å²) in [4.78, 5) is 19.1. The first kappa shape index (κ1) is 25.4. The second kappa shape index (κ2) is 11.7. The number of rotatable bonds is 8. The number of ether oxygens (including phenoxy) is 1. The third-order valence-corrected chi connectivity index (χ3v) is 6.49. The van der Waals surface area contributed by atoms with Crippen LogP contribution in [0.4, 0.5) is 4.79 Å². The summed E-state index contributed by atoms with van der Waals surface area (Å²) in [6, 6.07) is 13.3. The Bertz CT molecular complexity index is 986. The number of likely N-dealkylation sites (N-methyl/N-ethyl adjacent to an activating group) is 1. The number of aromatic nitrogens is 1. The Morgan fingerprint density at radius 3 is 2.44 bits per heavy atom. The minimum absolute atomic E-state index is 0.0809. The van der Waals surface area contributed by atoms with E-state index in [-0.39, 0.29) is 24.7 Å². The van der Waals surface area contributed by atoms with Gasteiger partial charge in [-0.25, -0.2) is 15.6 Å². The molecule has 5 N–H and O–H groups in total. The summed E-state index contributed by atoms with van der Waals surface area (Å²) in [5.74, 6) is 6.85. The number of urea groups is 1. The lowest BCUT2D eigenvalue weighted by Gasteiger charge is -2.27. The predicted octanol–water partition coefficient (Wildman–Crippen LogP) is 3.94. The molecule has 0 aliphatic heterocycles. The molecular formula is C26H38N6O2. The number of pyridine rings is 1. The first-order chi connectivity index (χ1) is 16.3. The molecule has 2 aromatic rings. The Morgan fingerprint density at radius 1 is 1.15 bits per heavy atom. The highest BCUT2D eigenvalue weighted by Crippen LogP contribution is 2.26. The fourth-order valence-corrected chi connectivity index (χ4v) is 4.16. The van der Waals surface area contributed by atoms with Gasteiger partial charge in [-0.3, -0.25) is 0 Å². The van der Waals surface area contributed by atoms with Gasteiger partial charge in [0.15, 0.2) is 0 Å². The molecule has 1 fully saturated rings. The number of amides is 2. The standard InChI is InChI=1S/C26H38N6O2/c1-18-24(34-21-13-9-6-10-14-21)16-15-22(30-18)25(27)23(32(4)28)17-29-26(33)31(3)19(2)20-11-7-5-8-12-20/h5,7-8,11-12,15-16,19,21H,6,9-10,13-14,17,27-28H2,1-4H3,(H,29,33)/b25-23-. The van der Waals surface area contributed by atoms with Gasteiger partial charge in [0.2, 0.25) is 0 Å². The van der Waals surface area contributed by atoms with Crippen molar-refractivity contribution < 1.29 is 9.53 Å². The summed E-state index contributed by atoms with van der Waals surface area (Å²) >= 11 is 0. The van der Waals surface area contributed by atoms with E-state index < -0.39 is 0 Å². The molecule has 34 heavy (non-hydrogen) atoms. The Balaban J connectivity index is 1.69. The monoisotopic (exact) mass is 466 g/mol. The predicted molar refractivity (Wildman–Crippen MR) is 136 cm³/mol. The van der Waals surface area contributed by atoms with Gasteiger partial charge in [0.1, 0.15) is 5.75 Å². The van der Waals surface area contributed by atoms with E-state index >= 15 is 0 Å². The van der Waals surface area contributed by atoms with Crippen molar-refractivity contribution in [2.24, 2.45) is 11.6 Å². The Labute approximate surface area is 202 Å². The van der Waals surface area contributed by atoms with E-state index in [2.05, 4.69) is 10.3 Å². The second-order valence-electron chi connectivity index (χ2n) is 8.99. The number of hydrazine groups is 1. The minimum Gasteiger partial charge on any atom is -0.489 e.